The van der Waals surface area contributed by atoms with Gasteiger partial charge in [0.15, 0.2) is 0 Å². The van der Waals surface area contributed by atoms with E-state index in [1.165, 1.54) is 32.1 Å². The van der Waals surface area contributed by atoms with Gasteiger partial charge in [0.2, 0.25) is 0 Å². The molecule has 2 fully saturated rings. The number of nitrogens with two attached hydrogens (primary N) is 1. The molecule has 0 bridgehead atoms. The number of rotatable bonds is 6. The summed E-state index contributed by atoms with van der Waals surface area (Å²) in [7, 11) is 0. The van der Waals surface area contributed by atoms with Crippen molar-refractivity contribution in [3.63, 3.8) is 0 Å². The Kier molecular flexibility index (Phi) is 5.46. The molecule has 2 unspecified atom stereocenters. The van der Waals surface area contributed by atoms with Gasteiger partial charge in [-0.3, -0.25) is 0 Å². The lowest BCUT2D eigenvalue weighted by atomic mass is 9.80. The smallest absolute Gasteiger partial charge is 0.0685 e. The highest BCUT2D eigenvalue weighted by molar-refractivity contribution is 4.93. The minimum absolute atomic E-state index is 0.209. The Balaban J connectivity index is 1.74. The third kappa shape index (κ3) is 3.69. The molecule has 1 spiro atoms. The van der Waals surface area contributed by atoms with Gasteiger partial charge in [0, 0.05) is 25.9 Å². The molecule has 0 radical (unpaired) electrons. The molecule has 3 nitrogen and oxygen atoms in total. The van der Waals surface area contributed by atoms with E-state index in [1.54, 1.807) is 0 Å². The Bertz CT molecular complexity index is 239. The molecule has 2 atom stereocenters. The first-order valence-electron chi connectivity index (χ1n) is 7.73. The van der Waals surface area contributed by atoms with Crippen molar-refractivity contribution in [2.45, 2.75) is 69.9 Å². The summed E-state index contributed by atoms with van der Waals surface area (Å²) in [5.74, 6) is 0.665. The van der Waals surface area contributed by atoms with Crippen molar-refractivity contribution in [1.82, 2.24) is 0 Å². The van der Waals surface area contributed by atoms with Crippen molar-refractivity contribution in [1.29, 1.82) is 0 Å². The maximum Gasteiger partial charge on any atom is 0.0685 e. The van der Waals surface area contributed by atoms with Gasteiger partial charge >= 0.3 is 0 Å². The SMILES string of the molecule is CCOCCCC(N)C1CCOC2(CCCC2)C1. The summed E-state index contributed by atoms with van der Waals surface area (Å²) in [6, 6.07) is 0.340. The third-order valence-corrected chi connectivity index (χ3v) is 4.68. The van der Waals surface area contributed by atoms with Gasteiger partial charge in [-0.25, -0.2) is 0 Å². The normalized spacial score (nSPS) is 28.7. The Morgan fingerprint density at radius 1 is 1.39 bits per heavy atom. The minimum Gasteiger partial charge on any atom is -0.382 e. The zero-order valence-electron chi connectivity index (χ0n) is 11.8. The van der Waals surface area contributed by atoms with Crippen molar-refractivity contribution in [3.8, 4) is 0 Å². The predicted octanol–water partition coefficient (Wildman–Crippen LogP) is 2.87. The molecule has 18 heavy (non-hydrogen) atoms. The lowest BCUT2D eigenvalue weighted by molar-refractivity contribution is -0.0966. The van der Waals surface area contributed by atoms with E-state index < -0.39 is 0 Å². The van der Waals surface area contributed by atoms with Crippen LogP contribution in [-0.2, 0) is 9.47 Å². The van der Waals surface area contributed by atoms with E-state index in [9.17, 15) is 0 Å². The maximum atomic E-state index is 6.37. The highest BCUT2D eigenvalue weighted by Gasteiger charge is 2.41. The van der Waals surface area contributed by atoms with E-state index >= 15 is 0 Å². The van der Waals surface area contributed by atoms with Crippen molar-refractivity contribution >= 4 is 0 Å². The molecule has 0 amide bonds. The van der Waals surface area contributed by atoms with Crippen LogP contribution in [0.2, 0.25) is 0 Å². The summed E-state index contributed by atoms with van der Waals surface area (Å²) in [5, 5.41) is 0. The quantitative estimate of drug-likeness (QED) is 0.742. The summed E-state index contributed by atoms with van der Waals surface area (Å²) < 4.78 is 11.5. The molecule has 1 heterocycles. The van der Waals surface area contributed by atoms with Crippen molar-refractivity contribution < 1.29 is 9.47 Å². The van der Waals surface area contributed by atoms with Crippen LogP contribution in [0.4, 0.5) is 0 Å². The molecule has 2 rings (SSSR count). The Labute approximate surface area is 111 Å². The van der Waals surface area contributed by atoms with Gasteiger partial charge in [-0.2, -0.15) is 0 Å². The highest BCUT2D eigenvalue weighted by atomic mass is 16.5. The standard InChI is InChI=1S/C15H29NO2/c1-2-17-10-5-6-14(16)13-7-11-18-15(12-13)8-3-4-9-15/h13-14H,2-12,16H2,1H3. The minimum atomic E-state index is 0.209. The first-order valence-corrected chi connectivity index (χ1v) is 7.73. The van der Waals surface area contributed by atoms with Crippen LogP contribution in [0, 0.1) is 5.92 Å². The fraction of sp³-hybridized carbons (Fsp3) is 1.00. The number of ether oxygens (including phenoxy) is 2. The monoisotopic (exact) mass is 255 g/mol. The fourth-order valence-electron chi connectivity index (χ4n) is 3.60. The molecular formula is C15H29NO2. The molecule has 2 aliphatic rings. The molecular weight excluding hydrogens is 226 g/mol. The number of hydrogen-bond acceptors (Lipinski definition) is 3. The maximum absolute atomic E-state index is 6.37. The van der Waals surface area contributed by atoms with Crippen LogP contribution in [0.25, 0.3) is 0 Å². The highest BCUT2D eigenvalue weighted by Crippen LogP contribution is 2.42. The first kappa shape index (κ1) is 14.3. The first-order chi connectivity index (χ1) is 8.76. The van der Waals surface area contributed by atoms with Crippen LogP contribution in [0.5, 0.6) is 0 Å². The van der Waals surface area contributed by atoms with Gasteiger partial charge in [0.25, 0.3) is 0 Å². The molecule has 1 aliphatic heterocycles. The van der Waals surface area contributed by atoms with Gasteiger partial charge in [-0.05, 0) is 51.4 Å². The van der Waals surface area contributed by atoms with Crippen LogP contribution >= 0.6 is 0 Å². The zero-order chi connectivity index (χ0) is 12.8. The van der Waals surface area contributed by atoms with E-state index in [4.69, 9.17) is 15.2 Å². The summed E-state index contributed by atoms with van der Waals surface area (Å²) in [4.78, 5) is 0. The molecule has 0 aromatic carbocycles. The fourth-order valence-corrected chi connectivity index (χ4v) is 3.60. The topological polar surface area (TPSA) is 44.5 Å². The average Bonchev–Trinajstić information content (AvgIpc) is 2.82. The van der Waals surface area contributed by atoms with Crippen molar-refractivity contribution in [2.24, 2.45) is 11.7 Å². The van der Waals surface area contributed by atoms with Crippen molar-refractivity contribution in [3.05, 3.63) is 0 Å². The Morgan fingerprint density at radius 3 is 2.89 bits per heavy atom. The van der Waals surface area contributed by atoms with Crippen molar-refractivity contribution in [2.75, 3.05) is 19.8 Å². The average molecular weight is 255 g/mol. The summed E-state index contributed by atoms with van der Waals surface area (Å²) in [6.45, 7) is 4.64. The second-order valence-electron chi connectivity index (χ2n) is 5.99. The van der Waals surface area contributed by atoms with Crippen LogP contribution in [0.3, 0.4) is 0 Å². The predicted molar refractivity (Wildman–Crippen MR) is 73.6 cm³/mol. The third-order valence-electron chi connectivity index (χ3n) is 4.68. The van der Waals surface area contributed by atoms with E-state index in [-0.39, 0.29) is 5.60 Å². The lowest BCUT2D eigenvalue weighted by Gasteiger charge is -2.40. The molecule has 0 aromatic heterocycles. The molecule has 1 saturated carbocycles. The number of hydrogen-bond donors (Lipinski definition) is 1. The zero-order valence-corrected chi connectivity index (χ0v) is 11.8. The van der Waals surface area contributed by atoms with E-state index in [0.29, 0.717) is 12.0 Å². The van der Waals surface area contributed by atoms with Gasteiger partial charge < -0.3 is 15.2 Å². The van der Waals surface area contributed by atoms with E-state index in [0.717, 1.165) is 39.1 Å². The molecule has 0 aromatic rings. The second-order valence-corrected chi connectivity index (χ2v) is 5.99. The van der Waals surface area contributed by atoms with Gasteiger partial charge in [-0.1, -0.05) is 12.8 Å². The lowest BCUT2D eigenvalue weighted by Crippen LogP contribution is -2.43. The second kappa shape index (κ2) is 6.88. The van der Waals surface area contributed by atoms with Gasteiger partial charge in [0.05, 0.1) is 5.60 Å². The van der Waals surface area contributed by atoms with E-state index in [1.807, 2.05) is 6.92 Å². The summed E-state index contributed by atoms with van der Waals surface area (Å²) >= 11 is 0. The largest absolute Gasteiger partial charge is 0.382 e. The molecule has 1 aliphatic carbocycles. The van der Waals surface area contributed by atoms with Crippen LogP contribution in [0.1, 0.15) is 58.3 Å². The van der Waals surface area contributed by atoms with E-state index in [2.05, 4.69) is 0 Å². The van der Waals surface area contributed by atoms with Crippen LogP contribution in [-0.4, -0.2) is 31.5 Å². The van der Waals surface area contributed by atoms with Gasteiger partial charge in [0.1, 0.15) is 0 Å². The van der Waals surface area contributed by atoms with Gasteiger partial charge in [-0.15, -0.1) is 0 Å². The summed E-state index contributed by atoms with van der Waals surface area (Å²) in [6.07, 6.45) is 9.74. The Hall–Kier alpha value is -0.120. The Morgan fingerprint density at radius 2 is 2.17 bits per heavy atom. The molecule has 2 N–H and O–H groups in total. The molecule has 3 heteroatoms. The van der Waals surface area contributed by atoms with Crippen LogP contribution < -0.4 is 5.73 Å². The molecule has 1 saturated heterocycles. The van der Waals surface area contributed by atoms with Crippen LogP contribution in [0.15, 0.2) is 0 Å². The summed E-state index contributed by atoms with van der Waals surface area (Å²) in [5.41, 5.74) is 6.58. The molecule has 106 valence electrons.